The minimum absolute atomic E-state index is 0.155. The number of nitro benzene ring substituents is 1. The number of nitrogens with zero attached hydrogens (tertiary/aromatic N) is 6. The Kier molecular flexibility index (Phi) is 3.72. The molecule has 1 saturated heterocycles. The Hall–Kier alpha value is -3.16. The predicted molar refractivity (Wildman–Crippen MR) is 95.2 cm³/mol. The predicted octanol–water partition coefficient (Wildman–Crippen LogP) is 2.27. The van der Waals surface area contributed by atoms with Crippen molar-refractivity contribution in [2.24, 2.45) is 0 Å². The van der Waals surface area contributed by atoms with Gasteiger partial charge < -0.3 is 9.80 Å². The van der Waals surface area contributed by atoms with Crippen molar-refractivity contribution in [3.8, 4) is 0 Å². The van der Waals surface area contributed by atoms with E-state index in [0.29, 0.717) is 18.8 Å². The molecule has 0 saturated carbocycles. The number of piperazine rings is 1. The van der Waals surface area contributed by atoms with E-state index in [2.05, 4.69) is 19.9 Å². The molecule has 1 fully saturated rings. The van der Waals surface area contributed by atoms with Crippen LogP contribution in [0.15, 0.2) is 42.7 Å². The van der Waals surface area contributed by atoms with Crippen molar-refractivity contribution in [1.82, 2.24) is 14.6 Å². The number of hydrogen-bond acceptors (Lipinski definition) is 6. The molecule has 0 radical (unpaired) electrons. The van der Waals surface area contributed by atoms with Crippen LogP contribution in [0.1, 0.15) is 5.69 Å². The zero-order valence-corrected chi connectivity index (χ0v) is 13.9. The number of nitro groups is 1. The van der Waals surface area contributed by atoms with Crippen LogP contribution in [-0.4, -0.2) is 45.7 Å². The minimum Gasteiger partial charge on any atom is -0.362 e. The normalized spacial score (nSPS) is 14.9. The summed E-state index contributed by atoms with van der Waals surface area (Å²) in [6, 6.07) is 8.93. The van der Waals surface area contributed by atoms with Crippen molar-refractivity contribution in [2.45, 2.75) is 6.92 Å². The van der Waals surface area contributed by atoms with Gasteiger partial charge in [-0.05, 0) is 19.1 Å². The average molecular weight is 338 g/mol. The van der Waals surface area contributed by atoms with Gasteiger partial charge in [0.15, 0.2) is 5.82 Å². The molecule has 1 aliphatic heterocycles. The molecule has 1 aromatic carbocycles. The number of para-hydroxylation sites is 2. The van der Waals surface area contributed by atoms with Gasteiger partial charge in [0.1, 0.15) is 11.2 Å². The summed E-state index contributed by atoms with van der Waals surface area (Å²) in [4.78, 5) is 19.7. The first-order chi connectivity index (χ1) is 12.1. The van der Waals surface area contributed by atoms with E-state index < -0.39 is 0 Å². The summed E-state index contributed by atoms with van der Waals surface area (Å²) in [6.07, 6.45) is 3.60. The largest absolute Gasteiger partial charge is 0.362 e. The number of benzene rings is 1. The Bertz CT molecular complexity index is 930. The molecule has 0 amide bonds. The van der Waals surface area contributed by atoms with E-state index in [0.717, 1.165) is 30.1 Å². The summed E-state index contributed by atoms with van der Waals surface area (Å²) < 4.78 is 1.84. The fourth-order valence-electron chi connectivity index (χ4n) is 3.32. The van der Waals surface area contributed by atoms with Crippen LogP contribution in [-0.2, 0) is 0 Å². The molecular weight excluding hydrogens is 320 g/mol. The number of fused-ring (bicyclic) bond motifs is 1. The summed E-state index contributed by atoms with van der Waals surface area (Å²) in [5.74, 6) is 0.908. The van der Waals surface area contributed by atoms with Crippen molar-refractivity contribution >= 4 is 22.7 Å². The summed E-state index contributed by atoms with van der Waals surface area (Å²) >= 11 is 0. The molecule has 0 unspecified atom stereocenters. The third-order valence-corrected chi connectivity index (χ3v) is 4.49. The maximum Gasteiger partial charge on any atom is 0.292 e. The fourth-order valence-corrected chi connectivity index (χ4v) is 3.32. The Morgan fingerprint density at radius 3 is 2.60 bits per heavy atom. The zero-order chi connectivity index (χ0) is 17.4. The lowest BCUT2D eigenvalue weighted by Crippen LogP contribution is -2.47. The van der Waals surface area contributed by atoms with Crippen LogP contribution in [0.5, 0.6) is 0 Å². The maximum absolute atomic E-state index is 11.2. The van der Waals surface area contributed by atoms with Gasteiger partial charge in [0.2, 0.25) is 0 Å². The lowest BCUT2D eigenvalue weighted by atomic mass is 10.2. The van der Waals surface area contributed by atoms with Gasteiger partial charge in [0.25, 0.3) is 5.69 Å². The summed E-state index contributed by atoms with van der Waals surface area (Å²) in [6.45, 7) is 4.89. The third-order valence-electron chi connectivity index (χ3n) is 4.49. The number of rotatable bonds is 3. The molecule has 2 aromatic heterocycles. The fraction of sp³-hybridized carbons (Fsp3) is 0.294. The van der Waals surface area contributed by atoms with Crippen molar-refractivity contribution in [3.05, 3.63) is 58.5 Å². The van der Waals surface area contributed by atoms with Crippen molar-refractivity contribution in [1.29, 1.82) is 0 Å². The highest BCUT2D eigenvalue weighted by molar-refractivity contribution is 5.70. The monoisotopic (exact) mass is 338 g/mol. The molecular formula is C17H18N6O2. The summed E-state index contributed by atoms with van der Waals surface area (Å²) in [5, 5.41) is 15.7. The number of aromatic nitrogens is 3. The summed E-state index contributed by atoms with van der Waals surface area (Å²) in [7, 11) is 0. The van der Waals surface area contributed by atoms with E-state index in [1.54, 1.807) is 18.3 Å². The lowest BCUT2D eigenvalue weighted by Gasteiger charge is -2.36. The lowest BCUT2D eigenvalue weighted by molar-refractivity contribution is -0.384. The van der Waals surface area contributed by atoms with Gasteiger partial charge >= 0.3 is 0 Å². The SMILES string of the molecule is Cc1cc2c(N3CCN(c4ccccc4[N+](=O)[O-])CC3)nccn2n1. The van der Waals surface area contributed by atoms with Crippen LogP contribution >= 0.6 is 0 Å². The van der Waals surface area contributed by atoms with Gasteiger partial charge in [-0.2, -0.15) is 5.10 Å². The van der Waals surface area contributed by atoms with Crippen LogP contribution in [0.2, 0.25) is 0 Å². The van der Waals surface area contributed by atoms with E-state index >= 15 is 0 Å². The minimum atomic E-state index is -0.320. The first-order valence-corrected chi connectivity index (χ1v) is 8.18. The smallest absolute Gasteiger partial charge is 0.292 e. The Morgan fingerprint density at radius 2 is 1.84 bits per heavy atom. The standard InChI is InChI=1S/C17H18N6O2/c1-13-12-16-17(18-6-7-22(16)19-13)21-10-8-20(9-11-21)14-4-2-3-5-15(14)23(24)25/h2-7,12H,8-11H2,1H3. The van der Waals surface area contributed by atoms with Crippen molar-refractivity contribution < 1.29 is 4.92 Å². The highest BCUT2D eigenvalue weighted by atomic mass is 16.6. The highest BCUT2D eigenvalue weighted by Gasteiger charge is 2.24. The Balaban J connectivity index is 1.57. The molecule has 8 heteroatoms. The molecule has 1 aliphatic rings. The molecule has 0 N–H and O–H groups in total. The second kappa shape index (κ2) is 6.04. The van der Waals surface area contributed by atoms with E-state index in [4.69, 9.17) is 0 Å². The van der Waals surface area contributed by atoms with Crippen LogP contribution in [0.4, 0.5) is 17.2 Å². The van der Waals surface area contributed by atoms with Gasteiger partial charge in [-0.25, -0.2) is 9.50 Å². The maximum atomic E-state index is 11.2. The van der Waals surface area contributed by atoms with Gasteiger partial charge in [-0.15, -0.1) is 0 Å². The van der Waals surface area contributed by atoms with Crippen LogP contribution in [0, 0.1) is 17.0 Å². The van der Waals surface area contributed by atoms with E-state index in [1.165, 1.54) is 0 Å². The zero-order valence-electron chi connectivity index (χ0n) is 13.9. The van der Waals surface area contributed by atoms with E-state index in [9.17, 15) is 10.1 Å². The van der Waals surface area contributed by atoms with E-state index in [1.807, 2.05) is 35.8 Å². The Morgan fingerprint density at radius 1 is 1.12 bits per heavy atom. The second-order valence-electron chi connectivity index (χ2n) is 6.09. The molecule has 4 rings (SSSR count). The number of anilines is 2. The van der Waals surface area contributed by atoms with Crippen molar-refractivity contribution in [2.75, 3.05) is 36.0 Å². The van der Waals surface area contributed by atoms with Crippen molar-refractivity contribution in [3.63, 3.8) is 0 Å². The van der Waals surface area contributed by atoms with Gasteiger partial charge in [0, 0.05) is 44.6 Å². The van der Waals surface area contributed by atoms with Crippen LogP contribution < -0.4 is 9.80 Å². The van der Waals surface area contributed by atoms with Gasteiger partial charge in [0.05, 0.1) is 10.6 Å². The van der Waals surface area contributed by atoms with E-state index in [-0.39, 0.29) is 10.6 Å². The molecule has 25 heavy (non-hydrogen) atoms. The molecule has 0 bridgehead atoms. The molecule has 128 valence electrons. The Labute approximate surface area is 144 Å². The second-order valence-corrected chi connectivity index (χ2v) is 6.09. The van der Waals surface area contributed by atoms with Crippen LogP contribution in [0.25, 0.3) is 5.52 Å². The molecule has 0 spiro atoms. The molecule has 0 aliphatic carbocycles. The van der Waals surface area contributed by atoms with Crippen LogP contribution in [0.3, 0.4) is 0 Å². The quantitative estimate of drug-likeness (QED) is 0.538. The molecule has 8 nitrogen and oxygen atoms in total. The van der Waals surface area contributed by atoms with Gasteiger partial charge in [-0.1, -0.05) is 12.1 Å². The highest BCUT2D eigenvalue weighted by Crippen LogP contribution is 2.29. The first kappa shape index (κ1) is 15.4. The molecule has 0 atom stereocenters. The molecule has 3 aromatic rings. The number of aryl methyl sites for hydroxylation is 1. The topological polar surface area (TPSA) is 79.8 Å². The molecule has 3 heterocycles. The summed E-state index contributed by atoms with van der Waals surface area (Å²) in [5.41, 5.74) is 2.77. The third kappa shape index (κ3) is 2.75. The van der Waals surface area contributed by atoms with Gasteiger partial charge in [-0.3, -0.25) is 10.1 Å². The first-order valence-electron chi connectivity index (χ1n) is 8.18. The number of hydrogen-bond donors (Lipinski definition) is 0. The average Bonchev–Trinajstić information content (AvgIpc) is 3.02.